The first-order valence-electron chi connectivity index (χ1n) is 10.4. The van der Waals surface area contributed by atoms with Gasteiger partial charge >= 0.3 is 0 Å². The van der Waals surface area contributed by atoms with Crippen LogP contribution in [-0.4, -0.2) is 34.0 Å². The number of sulfonamides is 1. The van der Waals surface area contributed by atoms with Gasteiger partial charge in [0.15, 0.2) is 0 Å². The molecule has 0 bridgehead atoms. The van der Waals surface area contributed by atoms with E-state index >= 15 is 0 Å². The minimum atomic E-state index is -3.76. The van der Waals surface area contributed by atoms with Crippen molar-refractivity contribution in [1.82, 2.24) is 5.32 Å². The van der Waals surface area contributed by atoms with Gasteiger partial charge in [-0.05, 0) is 54.8 Å². The molecule has 0 aliphatic carbocycles. The minimum absolute atomic E-state index is 0.138. The number of carbonyl (C=O) groups is 1. The number of nitrogens with zero attached hydrogens (tertiary/aromatic N) is 1. The monoisotopic (exact) mass is 469 g/mol. The van der Waals surface area contributed by atoms with Crippen molar-refractivity contribution in [2.75, 3.05) is 29.3 Å². The Bertz CT molecular complexity index is 1220. The summed E-state index contributed by atoms with van der Waals surface area (Å²) in [5.74, 6) is -0.244. The van der Waals surface area contributed by atoms with Gasteiger partial charge in [-0.2, -0.15) is 0 Å². The maximum absolute atomic E-state index is 12.5. The van der Waals surface area contributed by atoms with E-state index in [9.17, 15) is 13.2 Å². The van der Waals surface area contributed by atoms with Crippen LogP contribution < -0.4 is 14.9 Å². The number of nitrogens with one attached hydrogen (secondary N) is 2. The molecule has 32 heavy (non-hydrogen) atoms. The first-order valence-corrected chi connectivity index (χ1v) is 12.3. The number of carbonyl (C=O) groups excluding carboxylic acids is 1. The normalized spacial score (nSPS) is 13.0. The molecule has 6 nitrogen and oxygen atoms in total. The molecule has 1 aliphatic heterocycles. The van der Waals surface area contributed by atoms with Crippen LogP contribution in [0.15, 0.2) is 77.7 Å². The summed E-state index contributed by atoms with van der Waals surface area (Å²) in [5.41, 5.74) is 3.25. The third-order valence-electron chi connectivity index (χ3n) is 5.40. The smallest absolute Gasteiger partial charge is 0.261 e. The largest absolute Gasteiger partial charge is 0.371 e. The van der Waals surface area contributed by atoms with Gasteiger partial charge in [0, 0.05) is 30.9 Å². The van der Waals surface area contributed by atoms with Crippen LogP contribution in [0.1, 0.15) is 22.3 Å². The molecule has 0 unspecified atom stereocenters. The number of rotatable bonds is 8. The van der Waals surface area contributed by atoms with Gasteiger partial charge in [0.2, 0.25) is 0 Å². The molecule has 8 heteroatoms. The van der Waals surface area contributed by atoms with E-state index in [1.54, 1.807) is 24.3 Å². The summed E-state index contributed by atoms with van der Waals surface area (Å²) in [6, 6.07) is 21.0. The van der Waals surface area contributed by atoms with E-state index in [1.165, 1.54) is 35.5 Å². The molecule has 0 radical (unpaired) electrons. The Morgan fingerprint density at radius 2 is 1.75 bits per heavy atom. The predicted molar refractivity (Wildman–Crippen MR) is 128 cm³/mol. The first-order chi connectivity index (χ1) is 15.4. The average Bonchev–Trinajstić information content (AvgIpc) is 3.21. The summed E-state index contributed by atoms with van der Waals surface area (Å²) in [7, 11) is -3.76. The fraction of sp³-hybridized carbons (Fsp3) is 0.208. The van der Waals surface area contributed by atoms with Crippen LogP contribution in [0.5, 0.6) is 0 Å². The molecule has 0 aromatic heterocycles. The summed E-state index contributed by atoms with van der Waals surface area (Å²) in [5, 5.41) is 3.06. The van der Waals surface area contributed by atoms with Gasteiger partial charge in [-0.3, -0.25) is 9.52 Å². The van der Waals surface area contributed by atoms with Gasteiger partial charge < -0.3 is 10.2 Å². The number of anilines is 2. The van der Waals surface area contributed by atoms with Crippen LogP contribution in [0, 0.1) is 0 Å². The second-order valence-corrected chi connectivity index (χ2v) is 9.68. The second kappa shape index (κ2) is 9.63. The van der Waals surface area contributed by atoms with Crippen LogP contribution in [0.25, 0.3) is 0 Å². The highest BCUT2D eigenvalue weighted by atomic mass is 35.5. The van der Waals surface area contributed by atoms with E-state index in [4.69, 9.17) is 11.6 Å². The maximum Gasteiger partial charge on any atom is 0.261 e. The van der Waals surface area contributed by atoms with Crippen molar-refractivity contribution in [2.24, 2.45) is 0 Å². The quantitative estimate of drug-likeness (QED) is 0.481. The lowest BCUT2D eigenvalue weighted by Crippen LogP contribution is -2.29. The SMILES string of the molecule is O=C(NCCCN1CCc2ccccc21)c1ccc(NS(=O)(=O)c2ccccc2)c(Cl)c1. The third kappa shape index (κ3) is 5.06. The highest BCUT2D eigenvalue weighted by Crippen LogP contribution is 2.27. The number of para-hydroxylation sites is 1. The molecule has 1 heterocycles. The zero-order valence-corrected chi connectivity index (χ0v) is 19.0. The van der Waals surface area contributed by atoms with Crippen molar-refractivity contribution in [3.63, 3.8) is 0 Å². The van der Waals surface area contributed by atoms with Crippen LogP contribution in [0.3, 0.4) is 0 Å². The predicted octanol–water partition coefficient (Wildman–Crippen LogP) is 4.32. The number of fused-ring (bicyclic) bond motifs is 1. The van der Waals surface area contributed by atoms with Crippen molar-refractivity contribution in [3.05, 3.63) is 88.9 Å². The Morgan fingerprint density at radius 1 is 1.00 bits per heavy atom. The molecule has 0 saturated heterocycles. The van der Waals surface area contributed by atoms with Gasteiger partial charge in [0.1, 0.15) is 0 Å². The van der Waals surface area contributed by atoms with Crippen LogP contribution >= 0.6 is 11.6 Å². The molecular formula is C24H24ClN3O3S. The first kappa shape index (κ1) is 22.2. The zero-order valence-electron chi connectivity index (χ0n) is 17.4. The molecule has 1 aliphatic rings. The summed E-state index contributed by atoms with van der Waals surface area (Å²) >= 11 is 6.25. The number of amides is 1. The highest BCUT2D eigenvalue weighted by Gasteiger charge is 2.18. The van der Waals surface area contributed by atoms with Crippen molar-refractivity contribution in [1.29, 1.82) is 0 Å². The molecular weight excluding hydrogens is 446 g/mol. The Morgan fingerprint density at radius 3 is 2.53 bits per heavy atom. The summed E-state index contributed by atoms with van der Waals surface area (Å²) in [6.45, 7) is 2.42. The number of hydrogen-bond donors (Lipinski definition) is 2. The Balaban J connectivity index is 1.30. The molecule has 0 saturated carbocycles. The van der Waals surface area contributed by atoms with Gasteiger partial charge in [-0.1, -0.05) is 48.0 Å². The molecule has 0 spiro atoms. The minimum Gasteiger partial charge on any atom is -0.371 e. The van der Waals surface area contributed by atoms with E-state index in [2.05, 4.69) is 33.1 Å². The number of halogens is 1. The lowest BCUT2D eigenvalue weighted by molar-refractivity contribution is 0.0953. The fourth-order valence-corrected chi connectivity index (χ4v) is 5.14. The third-order valence-corrected chi connectivity index (χ3v) is 7.10. The molecule has 0 atom stereocenters. The van der Waals surface area contributed by atoms with Gasteiger partial charge in [-0.15, -0.1) is 0 Å². The Kier molecular flexibility index (Phi) is 6.67. The average molecular weight is 470 g/mol. The molecule has 4 rings (SSSR count). The van der Waals surface area contributed by atoms with E-state index in [1.807, 2.05) is 6.07 Å². The topological polar surface area (TPSA) is 78.5 Å². The summed E-state index contributed by atoms with van der Waals surface area (Å²) in [6.07, 6.45) is 1.88. The molecule has 3 aromatic carbocycles. The van der Waals surface area contributed by atoms with Crippen molar-refractivity contribution < 1.29 is 13.2 Å². The van der Waals surface area contributed by atoms with Crippen molar-refractivity contribution >= 4 is 38.9 Å². The fourth-order valence-electron chi connectivity index (χ4n) is 3.76. The summed E-state index contributed by atoms with van der Waals surface area (Å²) < 4.78 is 27.4. The van der Waals surface area contributed by atoms with Crippen molar-refractivity contribution in [2.45, 2.75) is 17.7 Å². The molecule has 166 valence electrons. The standard InChI is InChI=1S/C24H24ClN3O3S/c25-21-17-19(11-12-22(21)27-32(30,31)20-8-2-1-3-9-20)24(29)26-14-6-15-28-16-13-18-7-4-5-10-23(18)28/h1-5,7-12,17,27H,6,13-16H2,(H,26,29). The van der Waals surface area contributed by atoms with Crippen molar-refractivity contribution in [3.8, 4) is 0 Å². The lowest BCUT2D eigenvalue weighted by Gasteiger charge is -2.19. The van der Waals surface area contributed by atoms with Gasteiger partial charge in [-0.25, -0.2) is 8.42 Å². The van der Waals surface area contributed by atoms with E-state index in [0.717, 1.165) is 25.9 Å². The molecule has 1 amide bonds. The Hall–Kier alpha value is -3.03. The number of hydrogen-bond acceptors (Lipinski definition) is 4. The number of benzene rings is 3. The lowest BCUT2D eigenvalue weighted by atomic mass is 10.2. The van der Waals surface area contributed by atoms with E-state index in [0.29, 0.717) is 12.1 Å². The van der Waals surface area contributed by atoms with Crippen LogP contribution in [0.2, 0.25) is 5.02 Å². The maximum atomic E-state index is 12.5. The van der Waals surface area contributed by atoms with E-state index < -0.39 is 10.0 Å². The molecule has 3 aromatic rings. The van der Waals surface area contributed by atoms with Gasteiger partial charge in [0.25, 0.3) is 15.9 Å². The molecule has 0 fully saturated rings. The Labute approximate surface area is 193 Å². The van der Waals surface area contributed by atoms with E-state index in [-0.39, 0.29) is 21.5 Å². The second-order valence-electron chi connectivity index (χ2n) is 7.59. The summed E-state index contributed by atoms with van der Waals surface area (Å²) in [4.78, 5) is 15.0. The zero-order chi connectivity index (χ0) is 22.6. The van der Waals surface area contributed by atoms with Crippen LogP contribution in [0.4, 0.5) is 11.4 Å². The van der Waals surface area contributed by atoms with Gasteiger partial charge in [0.05, 0.1) is 15.6 Å². The highest BCUT2D eigenvalue weighted by molar-refractivity contribution is 7.92. The van der Waals surface area contributed by atoms with Crippen LogP contribution in [-0.2, 0) is 16.4 Å². The molecule has 2 N–H and O–H groups in total.